The Hall–Kier alpha value is -2.49. The lowest BCUT2D eigenvalue weighted by molar-refractivity contribution is -0.219. The van der Waals surface area contributed by atoms with E-state index in [4.69, 9.17) is 31.0 Å². The van der Waals surface area contributed by atoms with Crippen LogP contribution in [0.3, 0.4) is 0 Å². The third-order valence-corrected chi connectivity index (χ3v) is 2.94. The number of methoxy groups -OCH3 is 1. The smallest absolute Gasteiger partial charge is 0.247 e. The van der Waals surface area contributed by atoms with Gasteiger partial charge in [0.15, 0.2) is 0 Å². The molecule has 2 N–H and O–H groups in total. The van der Waals surface area contributed by atoms with E-state index in [0.717, 1.165) is 0 Å². The number of rotatable bonds is 1. The Bertz CT molecular complexity index is 574. The van der Waals surface area contributed by atoms with E-state index in [1.165, 1.54) is 7.11 Å². The molecule has 0 saturated heterocycles. The van der Waals surface area contributed by atoms with Gasteiger partial charge in [-0.15, -0.1) is 0 Å². The van der Waals surface area contributed by atoms with Crippen LogP contribution in [0.5, 0.6) is 0 Å². The van der Waals surface area contributed by atoms with Crippen molar-refractivity contribution < 1.29 is 9.47 Å². The van der Waals surface area contributed by atoms with E-state index in [2.05, 4.69) is 0 Å². The summed E-state index contributed by atoms with van der Waals surface area (Å²) in [6.45, 7) is 5.41. The monoisotopic (exact) mass is 258 g/mol. The van der Waals surface area contributed by atoms with Gasteiger partial charge in [-0.05, 0) is 0 Å². The Kier molecular flexibility index (Phi) is 3.56. The molecule has 6 heteroatoms. The average Bonchev–Trinajstić information content (AvgIpc) is 2.64. The lowest BCUT2D eigenvalue weighted by atomic mass is 9.77. The van der Waals surface area contributed by atoms with Gasteiger partial charge in [0.05, 0.1) is 5.57 Å². The van der Waals surface area contributed by atoms with Gasteiger partial charge in [0.2, 0.25) is 11.7 Å². The maximum atomic E-state index is 9.16. The van der Waals surface area contributed by atoms with Crippen molar-refractivity contribution in [2.75, 3.05) is 7.11 Å². The SMILES string of the molecule is CO[C@@]1(C(C)(C)C)OC(N)=C(C#N)C1=C(C#N)C#N. The molecule has 1 heterocycles. The second-order valence-corrected chi connectivity index (χ2v) is 5.00. The summed E-state index contributed by atoms with van der Waals surface area (Å²) in [6, 6.07) is 5.38. The van der Waals surface area contributed by atoms with Crippen LogP contribution in [0.2, 0.25) is 0 Å². The zero-order valence-electron chi connectivity index (χ0n) is 11.2. The number of ether oxygens (including phenoxy) is 2. The quantitative estimate of drug-likeness (QED) is 0.711. The fourth-order valence-electron chi connectivity index (χ4n) is 2.06. The molecule has 0 fully saturated rings. The zero-order chi connectivity index (χ0) is 14.8. The maximum Gasteiger partial charge on any atom is 0.247 e. The van der Waals surface area contributed by atoms with E-state index in [-0.39, 0.29) is 22.6 Å². The Balaban J connectivity index is 3.76. The third kappa shape index (κ3) is 1.91. The highest BCUT2D eigenvalue weighted by molar-refractivity contribution is 5.60. The maximum absolute atomic E-state index is 9.16. The predicted octanol–water partition coefficient (Wildman–Crippen LogP) is 1.44. The number of nitriles is 3. The molecule has 0 spiro atoms. The number of nitrogens with two attached hydrogens (primary N) is 1. The molecule has 1 rings (SSSR count). The topological polar surface area (TPSA) is 116 Å². The van der Waals surface area contributed by atoms with Crippen molar-refractivity contribution in [3.8, 4) is 18.2 Å². The number of hydrogen-bond donors (Lipinski definition) is 1. The van der Waals surface area contributed by atoms with Crippen molar-refractivity contribution in [3.63, 3.8) is 0 Å². The fourth-order valence-corrected chi connectivity index (χ4v) is 2.06. The summed E-state index contributed by atoms with van der Waals surface area (Å²) in [7, 11) is 1.38. The lowest BCUT2D eigenvalue weighted by Crippen LogP contribution is -2.47. The molecule has 6 nitrogen and oxygen atoms in total. The van der Waals surface area contributed by atoms with Crippen molar-refractivity contribution in [1.29, 1.82) is 15.8 Å². The van der Waals surface area contributed by atoms with E-state index in [9.17, 15) is 0 Å². The Labute approximate surface area is 111 Å². The van der Waals surface area contributed by atoms with Gasteiger partial charge in [0.25, 0.3) is 0 Å². The molecule has 98 valence electrons. The van der Waals surface area contributed by atoms with E-state index >= 15 is 0 Å². The summed E-state index contributed by atoms with van der Waals surface area (Å²) in [5, 5.41) is 27.3. The van der Waals surface area contributed by atoms with Crippen molar-refractivity contribution >= 4 is 0 Å². The van der Waals surface area contributed by atoms with Crippen LogP contribution in [-0.4, -0.2) is 12.9 Å². The number of allylic oxidation sites excluding steroid dienone is 1. The molecule has 0 aromatic carbocycles. The van der Waals surface area contributed by atoms with Gasteiger partial charge in [-0.1, -0.05) is 20.8 Å². The first-order valence-corrected chi connectivity index (χ1v) is 5.48. The first-order valence-electron chi connectivity index (χ1n) is 5.48. The van der Waals surface area contributed by atoms with Crippen molar-refractivity contribution in [3.05, 3.63) is 22.6 Å². The second kappa shape index (κ2) is 4.65. The van der Waals surface area contributed by atoms with E-state index in [0.29, 0.717) is 0 Å². The van der Waals surface area contributed by atoms with Gasteiger partial charge in [0.1, 0.15) is 29.4 Å². The average molecular weight is 258 g/mol. The van der Waals surface area contributed by atoms with Crippen LogP contribution in [0.4, 0.5) is 0 Å². The molecule has 0 unspecified atom stereocenters. The van der Waals surface area contributed by atoms with Crippen LogP contribution in [0, 0.1) is 39.4 Å². The molecular weight excluding hydrogens is 244 g/mol. The molecule has 0 amide bonds. The fraction of sp³-hybridized carbons (Fsp3) is 0.462. The largest absolute Gasteiger partial charge is 0.441 e. The van der Waals surface area contributed by atoms with Crippen LogP contribution in [0.1, 0.15) is 20.8 Å². The first-order chi connectivity index (χ1) is 8.78. The number of nitrogens with zero attached hydrogens (tertiary/aromatic N) is 3. The molecule has 0 bridgehead atoms. The highest BCUT2D eigenvalue weighted by atomic mass is 16.7. The second-order valence-electron chi connectivity index (χ2n) is 5.00. The van der Waals surface area contributed by atoms with Crippen molar-refractivity contribution in [2.24, 2.45) is 11.1 Å². The summed E-state index contributed by atoms with van der Waals surface area (Å²) in [5.74, 6) is -1.57. The van der Waals surface area contributed by atoms with Gasteiger partial charge in [0, 0.05) is 12.5 Å². The van der Waals surface area contributed by atoms with Gasteiger partial charge in [-0.2, -0.15) is 15.8 Å². The van der Waals surface area contributed by atoms with Gasteiger partial charge in [-0.25, -0.2) is 0 Å². The van der Waals surface area contributed by atoms with E-state index in [1.54, 1.807) is 32.9 Å². The molecule has 1 atom stereocenters. The van der Waals surface area contributed by atoms with Gasteiger partial charge in [-0.3, -0.25) is 0 Å². The first kappa shape index (κ1) is 14.6. The summed E-state index contributed by atoms with van der Waals surface area (Å²) < 4.78 is 10.9. The van der Waals surface area contributed by atoms with Crippen LogP contribution in [0.25, 0.3) is 0 Å². The minimum Gasteiger partial charge on any atom is -0.441 e. The molecule has 19 heavy (non-hydrogen) atoms. The Morgan fingerprint density at radius 3 is 2.11 bits per heavy atom. The molecule has 0 aromatic heterocycles. The summed E-state index contributed by atoms with van der Waals surface area (Å²) in [5.41, 5.74) is 4.85. The minimum absolute atomic E-state index is 0.0325. The van der Waals surface area contributed by atoms with Crippen LogP contribution < -0.4 is 5.73 Å². The van der Waals surface area contributed by atoms with Crippen LogP contribution in [-0.2, 0) is 9.47 Å². The molecule has 0 radical (unpaired) electrons. The van der Waals surface area contributed by atoms with E-state index < -0.39 is 11.2 Å². The van der Waals surface area contributed by atoms with Crippen LogP contribution in [0.15, 0.2) is 22.6 Å². The molecule has 1 aliphatic rings. The zero-order valence-corrected chi connectivity index (χ0v) is 11.2. The molecule has 0 aliphatic carbocycles. The van der Waals surface area contributed by atoms with Crippen LogP contribution >= 0.6 is 0 Å². The molecule has 1 aliphatic heterocycles. The standard InChI is InChI=1S/C13H14N4O2/c1-12(2,3)13(18-4)10(8(5-14)6-15)9(7-16)11(17)19-13/h17H2,1-4H3/t13-/m1/s1. The molecule has 0 aromatic rings. The third-order valence-electron chi connectivity index (χ3n) is 2.94. The summed E-state index contributed by atoms with van der Waals surface area (Å²) in [4.78, 5) is 0. The van der Waals surface area contributed by atoms with Gasteiger partial charge < -0.3 is 15.2 Å². The summed E-state index contributed by atoms with van der Waals surface area (Å²) >= 11 is 0. The van der Waals surface area contributed by atoms with Crippen molar-refractivity contribution in [2.45, 2.75) is 26.6 Å². The Morgan fingerprint density at radius 2 is 1.79 bits per heavy atom. The highest BCUT2D eigenvalue weighted by Gasteiger charge is 2.56. The molecule has 0 saturated carbocycles. The lowest BCUT2D eigenvalue weighted by Gasteiger charge is -2.40. The predicted molar refractivity (Wildman–Crippen MR) is 65.4 cm³/mol. The molecular formula is C13H14N4O2. The summed E-state index contributed by atoms with van der Waals surface area (Å²) in [6.07, 6.45) is 0. The van der Waals surface area contributed by atoms with Crippen molar-refractivity contribution in [1.82, 2.24) is 0 Å². The normalized spacial score (nSPS) is 22.3. The van der Waals surface area contributed by atoms with E-state index in [1.807, 2.05) is 6.07 Å². The van der Waals surface area contributed by atoms with Gasteiger partial charge >= 0.3 is 0 Å². The number of hydrogen-bond acceptors (Lipinski definition) is 6. The highest BCUT2D eigenvalue weighted by Crippen LogP contribution is 2.49. The minimum atomic E-state index is -1.43. The Morgan fingerprint density at radius 1 is 1.26 bits per heavy atom.